The normalized spacial score (nSPS) is 27.1. The van der Waals surface area contributed by atoms with Gasteiger partial charge < -0.3 is 33.4 Å². The van der Waals surface area contributed by atoms with Crippen LogP contribution in [0.5, 0.6) is 5.75 Å². The van der Waals surface area contributed by atoms with Crippen LogP contribution in [0, 0.1) is 0 Å². The van der Waals surface area contributed by atoms with Gasteiger partial charge in [-0.2, -0.15) is 0 Å². The van der Waals surface area contributed by atoms with Gasteiger partial charge in [-0.3, -0.25) is 4.79 Å². The second-order valence-corrected chi connectivity index (χ2v) is 7.61. The summed E-state index contributed by atoms with van der Waals surface area (Å²) in [6.07, 6.45) is -3.87. The van der Waals surface area contributed by atoms with Crippen LogP contribution in [0.3, 0.4) is 0 Å². The van der Waals surface area contributed by atoms with Crippen molar-refractivity contribution in [2.24, 2.45) is 0 Å². The molecule has 0 spiro atoms. The maximum absolute atomic E-state index is 12.1. The van der Waals surface area contributed by atoms with Gasteiger partial charge in [-0.15, -0.1) is 0 Å². The van der Waals surface area contributed by atoms with Crippen molar-refractivity contribution in [3.05, 3.63) is 34.7 Å². The number of nitrogens with one attached hydrogen (secondary N) is 1. The van der Waals surface area contributed by atoms with Gasteiger partial charge >= 0.3 is 11.8 Å². The molecule has 1 N–H and O–H groups in total. The van der Waals surface area contributed by atoms with Gasteiger partial charge in [0.2, 0.25) is 18.3 Å². The van der Waals surface area contributed by atoms with Gasteiger partial charge in [-0.1, -0.05) is 0 Å². The first-order valence-corrected chi connectivity index (χ1v) is 9.28. The van der Waals surface area contributed by atoms with Crippen LogP contribution in [-0.4, -0.2) is 49.4 Å². The Morgan fingerprint density at radius 1 is 1.13 bits per heavy atom. The van der Waals surface area contributed by atoms with Crippen LogP contribution in [0.4, 0.5) is 10.5 Å². The van der Waals surface area contributed by atoms with Crippen molar-refractivity contribution in [2.75, 3.05) is 12.4 Å². The topological polar surface area (TPSA) is 123 Å². The summed E-state index contributed by atoms with van der Waals surface area (Å²) in [7, 11) is 1.50. The van der Waals surface area contributed by atoms with E-state index in [1.165, 1.54) is 26.2 Å². The van der Waals surface area contributed by atoms with Crippen LogP contribution in [0.25, 0.3) is 11.0 Å². The van der Waals surface area contributed by atoms with E-state index < -0.39 is 42.0 Å². The zero-order chi connectivity index (χ0) is 21.6. The fraction of sp³-hybridized carbons (Fsp3) is 0.450. The Kier molecular flexibility index (Phi) is 4.91. The van der Waals surface area contributed by atoms with Gasteiger partial charge in [-0.25, -0.2) is 9.59 Å². The van der Waals surface area contributed by atoms with Crippen molar-refractivity contribution >= 4 is 28.7 Å². The predicted octanol–water partition coefficient (Wildman–Crippen LogP) is 2.18. The predicted molar refractivity (Wildman–Crippen MR) is 102 cm³/mol. The third-order valence-electron chi connectivity index (χ3n) is 4.98. The summed E-state index contributed by atoms with van der Waals surface area (Å²) < 4.78 is 33.2. The molecule has 10 heteroatoms. The van der Waals surface area contributed by atoms with Crippen molar-refractivity contribution in [3.8, 4) is 5.75 Å². The summed E-state index contributed by atoms with van der Waals surface area (Å²) in [6, 6.07) is 6.34. The van der Waals surface area contributed by atoms with Gasteiger partial charge in [0.15, 0.2) is 6.10 Å². The smallest absolute Gasteiger partial charge is 0.461 e. The number of hydrogen-bond donors (Lipinski definition) is 1. The fourth-order valence-electron chi connectivity index (χ4n) is 3.74. The van der Waals surface area contributed by atoms with Gasteiger partial charge in [0.1, 0.15) is 23.1 Å². The highest BCUT2D eigenvalue weighted by molar-refractivity contribution is 5.91. The Bertz CT molecular complexity index is 1060. The molecule has 0 saturated carbocycles. The number of fused-ring (bicyclic) bond motifs is 2. The van der Waals surface area contributed by atoms with Gasteiger partial charge in [-0.05, 0) is 32.0 Å². The summed E-state index contributed by atoms with van der Waals surface area (Å²) >= 11 is 0. The molecule has 30 heavy (non-hydrogen) atoms. The van der Waals surface area contributed by atoms with Crippen molar-refractivity contribution in [2.45, 2.75) is 51.0 Å². The Hall–Kier alpha value is -3.11. The summed E-state index contributed by atoms with van der Waals surface area (Å²) in [5.74, 6) is -0.0489. The van der Waals surface area contributed by atoms with Crippen LogP contribution in [-0.2, 0) is 23.7 Å². The van der Waals surface area contributed by atoms with Crippen molar-refractivity contribution < 1.29 is 37.7 Å². The van der Waals surface area contributed by atoms with E-state index >= 15 is 0 Å². The molecule has 4 rings (SSSR count). The minimum Gasteiger partial charge on any atom is -0.461 e. The number of anilines is 1. The molecule has 1 aromatic heterocycles. The van der Waals surface area contributed by atoms with E-state index in [0.717, 1.165) is 0 Å². The molecule has 1 amide bonds. The molecule has 0 bridgehead atoms. The highest BCUT2D eigenvalue weighted by Gasteiger charge is 2.58. The summed E-state index contributed by atoms with van der Waals surface area (Å²) in [5.41, 5.74) is -1.21. The molecular formula is C20H21NO9. The van der Waals surface area contributed by atoms with E-state index in [1.54, 1.807) is 26.0 Å². The molecule has 3 unspecified atom stereocenters. The number of benzene rings is 1. The molecule has 2 aromatic rings. The van der Waals surface area contributed by atoms with E-state index in [4.69, 9.17) is 28.1 Å². The number of methoxy groups -OCH3 is 1. The maximum Gasteiger partial charge on any atom is 0.509 e. The molecule has 160 valence electrons. The van der Waals surface area contributed by atoms with Gasteiger partial charge in [0, 0.05) is 25.5 Å². The molecule has 1 aromatic carbocycles. The molecule has 3 heterocycles. The molecule has 2 fully saturated rings. The monoisotopic (exact) mass is 419 g/mol. The van der Waals surface area contributed by atoms with Gasteiger partial charge in [0.05, 0.1) is 5.60 Å². The van der Waals surface area contributed by atoms with Crippen LogP contribution < -0.4 is 15.7 Å². The van der Waals surface area contributed by atoms with E-state index in [9.17, 15) is 14.4 Å². The van der Waals surface area contributed by atoms with E-state index in [-0.39, 0.29) is 17.2 Å². The summed E-state index contributed by atoms with van der Waals surface area (Å²) in [6.45, 7) is 4.89. The number of ether oxygens (including phenoxy) is 5. The standard InChI is InChI=1S/C20H21NO9/c1-9(22)21-12-7-10-5-6-11(8-13(10)27-17(12)23)26-18-15-14(28-19(24)29-15)16(25-4)20(2,3)30-18/h5-8,14-16,18H,1-4H3,(H,21,22)/t14?,15?,16-,18?/m1/s1. The van der Waals surface area contributed by atoms with Crippen molar-refractivity contribution in [3.63, 3.8) is 0 Å². The maximum atomic E-state index is 12.1. The quantitative estimate of drug-likeness (QED) is 0.587. The molecule has 0 radical (unpaired) electrons. The summed E-state index contributed by atoms with van der Waals surface area (Å²) in [4.78, 5) is 35.0. The summed E-state index contributed by atoms with van der Waals surface area (Å²) in [5, 5.41) is 3.01. The molecular weight excluding hydrogens is 398 g/mol. The third-order valence-corrected chi connectivity index (χ3v) is 4.98. The Morgan fingerprint density at radius 3 is 2.57 bits per heavy atom. The number of carbonyl (C=O) groups is 2. The Morgan fingerprint density at radius 2 is 1.87 bits per heavy atom. The largest absolute Gasteiger partial charge is 0.509 e. The Labute approximate surface area is 171 Å². The number of hydrogen-bond acceptors (Lipinski definition) is 9. The van der Waals surface area contributed by atoms with Crippen molar-refractivity contribution in [1.82, 2.24) is 0 Å². The number of carbonyl (C=O) groups excluding carboxylic acids is 2. The molecule has 2 aliphatic rings. The van der Waals surface area contributed by atoms with Crippen LogP contribution in [0.1, 0.15) is 20.8 Å². The second-order valence-electron chi connectivity index (χ2n) is 7.61. The molecule has 0 aliphatic carbocycles. The van der Waals surface area contributed by atoms with E-state index in [0.29, 0.717) is 11.1 Å². The molecule has 2 saturated heterocycles. The number of rotatable bonds is 4. The zero-order valence-electron chi connectivity index (χ0n) is 16.8. The van der Waals surface area contributed by atoms with Crippen LogP contribution in [0.15, 0.2) is 33.5 Å². The Balaban J connectivity index is 1.62. The number of amides is 1. The van der Waals surface area contributed by atoms with Crippen molar-refractivity contribution in [1.29, 1.82) is 0 Å². The lowest BCUT2D eigenvalue weighted by atomic mass is 9.89. The van der Waals surface area contributed by atoms with Crippen LogP contribution >= 0.6 is 0 Å². The molecule has 2 aliphatic heterocycles. The lowest BCUT2D eigenvalue weighted by Gasteiger charge is -2.45. The first kappa shape index (κ1) is 20.2. The zero-order valence-corrected chi connectivity index (χ0v) is 16.8. The fourth-order valence-corrected chi connectivity index (χ4v) is 3.74. The minimum absolute atomic E-state index is 0.0458. The lowest BCUT2D eigenvalue weighted by Crippen LogP contribution is -2.62. The highest BCUT2D eigenvalue weighted by atomic mass is 16.8. The van der Waals surface area contributed by atoms with Gasteiger partial charge in [0.25, 0.3) is 0 Å². The first-order chi connectivity index (χ1) is 14.2. The lowest BCUT2D eigenvalue weighted by molar-refractivity contribution is -0.282. The third kappa shape index (κ3) is 3.59. The average Bonchev–Trinajstić information content (AvgIpc) is 3.03. The molecule has 10 nitrogen and oxygen atoms in total. The average molecular weight is 419 g/mol. The van der Waals surface area contributed by atoms with E-state index in [1.807, 2.05) is 0 Å². The molecule has 4 atom stereocenters. The highest BCUT2D eigenvalue weighted by Crippen LogP contribution is 2.38. The van der Waals surface area contributed by atoms with E-state index in [2.05, 4.69) is 5.32 Å². The first-order valence-electron chi connectivity index (χ1n) is 9.28. The van der Waals surface area contributed by atoms with Crippen LogP contribution in [0.2, 0.25) is 0 Å². The second kappa shape index (κ2) is 7.29. The minimum atomic E-state index is -0.967. The SMILES string of the molecule is CO[C@@H]1C2OC(=O)OC2C(Oc2ccc3cc(NC(C)=O)c(=O)oc3c2)OC1(C)C.